The van der Waals surface area contributed by atoms with E-state index >= 15 is 0 Å². The molecule has 0 aliphatic carbocycles. The van der Waals surface area contributed by atoms with Crippen molar-refractivity contribution in [2.24, 2.45) is 0 Å². The van der Waals surface area contributed by atoms with Gasteiger partial charge in [0.1, 0.15) is 17.5 Å². The fourth-order valence-electron chi connectivity index (χ4n) is 1.02. The number of hydrogen-bond acceptors (Lipinski definition) is 5. The Labute approximate surface area is 81.3 Å². The van der Waals surface area contributed by atoms with E-state index in [0.29, 0.717) is 5.82 Å². The summed E-state index contributed by atoms with van der Waals surface area (Å²) in [5, 5.41) is 3.02. The van der Waals surface area contributed by atoms with E-state index in [1.54, 1.807) is 30.9 Å². The van der Waals surface area contributed by atoms with Gasteiger partial charge >= 0.3 is 0 Å². The molecule has 0 unspecified atom stereocenters. The van der Waals surface area contributed by atoms with E-state index in [4.69, 9.17) is 0 Å². The molecule has 14 heavy (non-hydrogen) atoms. The van der Waals surface area contributed by atoms with Crippen LogP contribution >= 0.6 is 0 Å². The fraction of sp³-hybridized carbons (Fsp3) is 0.111. The molecule has 0 saturated carbocycles. The van der Waals surface area contributed by atoms with E-state index in [1.165, 1.54) is 0 Å². The van der Waals surface area contributed by atoms with Gasteiger partial charge in [0, 0.05) is 18.6 Å². The van der Waals surface area contributed by atoms with Crippen molar-refractivity contribution in [2.45, 2.75) is 6.92 Å². The zero-order valence-electron chi connectivity index (χ0n) is 7.68. The fourth-order valence-corrected chi connectivity index (χ4v) is 1.02. The van der Waals surface area contributed by atoms with E-state index in [2.05, 4.69) is 25.3 Å². The van der Waals surface area contributed by atoms with Crippen molar-refractivity contribution in [3.63, 3.8) is 0 Å². The molecule has 2 rings (SSSR count). The largest absolute Gasteiger partial charge is 0.324 e. The lowest BCUT2D eigenvalue weighted by atomic mass is 10.5. The number of anilines is 2. The van der Waals surface area contributed by atoms with Gasteiger partial charge in [-0.15, -0.1) is 0 Å². The van der Waals surface area contributed by atoms with Gasteiger partial charge in [0.2, 0.25) is 0 Å². The number of rotatable bonds is 2. The summed E-state index contributed by atoms with van der Waals surface area (Å²) in [6.45, 7) is 1.84. The molecule has 0 fully saturated rings. The molecule has 2 heterocycles. The van der Waals surface area contributed by atoms with Gasteiger partial charge in [0.05, 0.1) is 6.20 Å². The molecule has 5 nitrogen and oxygen atoms in total. The van der Waals surface area contributed by atoms with Crippen LogP contribution in [0.25, 0.3) is 0 Å². The molecule has 0 saturated heterocycles. The van der Waals surface area contributed by atoms with Gasteiger partial charge in [0.15, 0.2) is 0 Å². The third-order valence-corrected chi connectivity index (χ3v) is 1.60. The minimum absolute atomic E-state index is 0.672. The smallest absolute Gasteiger partial charge is 0.150 e. The van der Waals surface area contributed by atoms with Crippen LogP contribution < -0.4 is 5.32 Å². The SMILES string of the molecule is Cc1nccc(Nc2cnccn2)n1. The number of aromatic nitrogens is 4. The molecule has 2 aromatic rings. The van der Waals surface area contributed by atoms with Gasteiger partial charge in [-0.05, 0) is 13.0 Å². The van der Waals surface area contributed by atoms with Gasteiger partial charge in [0.25, 0.3) is 0 Å². The molecule has 0 aromatic carbocycles. The summed E-state index contributed by atoms with van der Waals surface area (Å²) < 4.78 is 0. The van der Waals surface area contributed by atoms with Crippen LogP contribution in [0.15, 0.2) is 30.9 Å². The topological polar surface area (TPSA) is 63.6 Å². The first-order chi connectivity index (χ1) is 6.84. The molecule has 70 valence electrons. The Balaban J connectivity index is 2.19. The van der Waals surface area contributed by atoms with Crippen molar-refractivity contribution >= 4 is 11.6 Å². The van der Waals surface area contributed by atoms with E-state index in [-0.39, 0.29) is 0 Å². The first-order valence-electron chi connectivity index (χ1n) is 4.17. The Morgan fingerprint density at radius 2 is 2.00 bits per heavy atom. The number of nitrogens with zero attached hydrogens (tertiary/aromatic N) is 4. The molecule has 1 N–H and O–H groups in total. The molecule has 0 bridgehead atoms. The first kappa shape index (κ1) is 8.55. The van der Waals surface area contributed by atoms with Crippen molar-refractivity contribution in [3.8, 4) is 0 Å². The first-order valence-corrected chi connectivity index (χ1v) is 4.17. The Hall–Kier alpha value is -2.04. The van der Waals surface area contributed by atoms with Gasteiger partial charge in [-0.2, -0.15) is 0 Å². The normalized spacial score (nSPS) is 9.79. The summed E-state index contributed by atoms with van der Waals surface area (Å²) in [6.07, 6.45) is 6.57. The maximum absolute atomic E-state index is 4.18. The lowest BCUT2D eigenvalue weighted by Gasteiger charge is -2.02. The molecule has 0 aliphatic rings. The predicted molar refractivity (Wildman–Crippen MR) is 52.1 cm³/mol. The standard InChI is InChI=1S/C9H9N5/c1-7-11-3-2-8(13-7)14-9-6-10-4-5-12-9/h2-6H,1H3,(H,11,12,13,14). The monoisotopic (exact) mass is 187 g/mol. The van der Waals surface area contributed by atoms with Crippen LogP contribution in [0.4, 0.5) is 11.6 Å². The molecule has 0 radical (unpaired) electrons. The molecular weight excluding hydrogens is 178 g/mol. The second-order valence-electron chi connectivity index (χ2n) is 2.70. The minimum atomic E-state index is 0.672. The Morgan fingerprint density at radius 1 is 1.07 bits per heavy atom. The summed E-state index contributed by atoms with van der Waals surface area (Å²) in [7, 11) is 0. The molecule has 0 atom stereocenters. The van der Waals surface area contributed by atoms with E-state index in [1.807, 2.05) is 6.92 Å². The summed E-state index contributed by atoms with van der Waals surface area (Å²) in [5.41, 5.74) is 0. The molecule has 0 amide bonds. The maximum Gasteiger partial charge on any atom is 0.150 e. The third kappa shape index (κ3) is 2.01. The maximum atomic E-state index is 4.18. The molecule has 0 aliphatic heterocycles. The minimum Gasteiger partial charge on any atom is -0.324 e. The second-order valence-corrected chi connectivity index (χ2v) is 2.70. The summed E-state index contributed by atoms with van der Waals surface area (Å²) >= 11 is 0. The van der Waals surface area contributed by atoms with Gasteiger partial charge in [-0.3, -0.25) is 4.98 Å². The molecule has 5 heteroatoms. The Bertz CT molecular complexity index is 415. The second kappa shape index (κ2) is 3.78. The lowest BCUT2D eigenvalue weighted by molar-refractivity contribution is 1.05. The zero-order chi connectivity index (χ0) is 9.80. The number of hydrogen-bond donors (Lipinski definition) is 1. The highest BCUT2D eigenvalue weighted by atomic mass is 15.1. The van der Waals surface area contributed by atoms with Crippen molar-refractivity contribution in [1.29, 1.82) is 0 Å². The molecule has 2 aromatic heterocycles. The molecular formula is C9H9N5. The lowest BCUT2D eigenvalue weighted by Crippen LogP contribution is -1.97. The average molecular weight is 187 g/mol. The highest BCUT2D eigenvalue weighted by Gasteiger charge is 1.96. The summed E-state index contributed by atoms with van der Waals surface area (Å²) in [5.74, 6) is 2.11. The summed E-state index contributed by atoms with van der Waals surface area (Å²) in [6, 6.07) is 1.78. The van der Waals surface area contributed by atoms with E-state index in [0.717, 1.165) is 11.6 Å². The van der Waals surface area contributed by atoms with Crippen LogP contribution in [0.3, 0.4) is 0 Å². The van der Waals surface area contributed by atoms with Crippen molar-refractivity contribution in [1.82, 2.24) is 19.9 Å². The van der Waals surface area contributed by atoms with Crippen molar-refractivity contribution in [3.05, 3.63) is 36.7 Å². The zero-order valence-corrected chi connectivity index (χ0v) is 7.68. The van der Waals surface area contributed by atoms with Crippen LogP contribution in [0.2, 0.25) is 0 Å². The number of aryl methyl sites for hydroxylation is 1. The van der Waals surface area contributed by atoms with Crippen LogP contribution in [-0.4, -0.2) is 19.9 Å². The van der Waals surface area contributed by atoms with Crippen LogP contribution in [-0.2, 0) is 0 Å². The van der Waals surface area contributed by atoms with Crippen molar-refractivity contribution in [2.75, 3.05) is 5.32 Å². The van der Waals surface area contributed by atoms with Gasteiger partial charge in [-0.25, -0.2) is 15.0 Å². The highest BCUT2D eigenvalue weighted by Crippen LogP contribution is 2.08. The van der Waals surface area contributed by atoms with Gasteiger partial charge < -0.3 is 5.32 Å². The van der Waals surface area contributed by atoms with Crippen LogP contribution in [0, 0.1) is 6.92 Å². The quantitative estimate of drug-likeness (QED) is 0.768. The summed E-state index contributed by atoms with van der Waals surface area (Å²) in [4.78, 5) is 16.2. The number of nitrogens with one attached hydrogen (secondary N) is 1. The molecule has 0 spiro atoms. The predicted octanol–water partition coefficient (Wildman–Crippen LogP) is 1.32. The van der Waals surface area contributed by atoms with E-state index in [9.17, 15) is 0 Å². The Kier molecular flexibility index (Phi) is 2.31. The Morgan fingerprint density at radius 3 is 2.71 bits per heavy atom. The van der Waals surface area contributed by atoms with Crippen LogP contribution in [0.1, 0.15) is 5.82 Å². The van der Waals surface area contributed by atoms with Gasteiger partial charge in [-0.1, -0.05) is 0 Å². The van der Waals surface area contributed by atoms with Crippen molar-refractivity contribution < 1.29 is 0 Å². The highest BCUT2D eigenvalue weighted by molar-refractivity contribution is 5.49. The van der Waals surface area contributed by atoms with E-state index < -0.39 is 0 Å². The van der Waals surface area contributed by atoms with Crippen LogP contribution in [0.5, 0.6) is 0 Å². The average Bonchev–Trinajstić information content (AvgIpc) is 2.19. The third-order valence-electron chi connectivity index (χ3n) is 1.60.